The van der Waals surface area contributed by atoms with Gasteiger partial charge in [0.25, 0.3) is 11.2 Å². The van der Waals surface area contributed by atoms with E-state index in [0.717, 1.165) is 0 Å². The SMILES string of the molecule is Cc1c([N+](=O)[O-])cn(CCOCCS)c(=O)c1Br. The normalized spacial score (nSPS) is 10.6. The van der Waals surface area contributed by atoms with Crippen LogP contribution in [0.4, 0.5) is 5.69 Å². The van der Waals surface area contributed by atoms with Crippen LogP contribution in [-0.4, -0.2) is 28.5 Å². The van der Waals surface area contributed by atoms with Crippen LogP contribution < -0.4 is 5.56 Å². The maximum absolute atomic E-state index is 11.9. The fourth-order valence-electron chi connectivity index (χ4n) is 1.38. The van der Waals surface area contributed by atoms with Crippen molar-refractivity contribution in [3.63, 3.8) is 0 Å². The molecule has 0 bridgehead atoms. The fraction of sp³-hybridized carbons (Fsp3) is 0.500. The van der Waals surface area contributed by atoms with Gasteiger partial charge in [-0.25, -0.2) is 0 Å². The van der Waals surface area contributed by atoms with E-state index in [9.17, 15) is 14.9 Å². The third-order valence-corrected chi connectivity index (χ3v) is 3.47. The lowest BCUT2D eigenvalue weighted by Crippen LogP contribution is -2.24. The molecule has 1 aromatic rings. The summed E-state index contributed by atoms with van der Waals surface area (Å²) < 4.78 is 6.68. The molecule has 0 amide bonds. The molecule has 1 rings (SSSR count). The van der Waals surface area contributed by atoms with Crippen LogP contribution >= 0.6 is 28.6 Å². The lowest BCUT2D eigenvalue weighted by molar-refractivity contribution is -0.386. The van der Waals surface area contributed by atoms with Crippen LogP contribution in [0, 0.1) is 17.0 Å². The van der Waals surface area contributed by atoms with Crippen molar-refractivity contribution in [3.8, 4) is 0 Å². The summed E-state index contributed by atoms with van der Waals surface area (Å²) in [6.07, 6.45) is 1.24. The number of rotatable bonds is 6. The van der Waals surface area contributed by atoms with Crippen LogP contribution in [0.2, 0.25) is 0 Å². The maximum atomic E-state index is 11.9. The van der Waals surface area contributed by atoms with Crippen molar-refractivity contribution in [2.45, 2.75) is 13.5 Å². The second-order valence-electron chi connectivity index (χ2n) is 3.54. The molecule has 6 nitrogen and oxygen atoms in total. The van der Waals surface area contributed by atoms with E-state index in [2.05, 4.69) is 28.6 Å². The quantitative estimate of drug-likeness (QED) is 0.372. The highest BCUT2D eigenvalue weighted by Gasteiger charge is 2.18. The zero-order valence-corrected chi connectivity index (χ0v) is 12.2. The predicted octanol–water partition coefficient (Wildman–Crippen LogP) is 1.77. The lowest BCUT2D eigenvalue weighted by Gasteiger charge is -2.08. The smallest absolute Gasteiger partial charge is 0.289 e. The number of ether oxygens (including phenoxy) is 1. The molecule has 0 saturated heterocycles. The van der Waals surface area contributed by atoms with Crippen molar-refractivity contribution in [2.24, 2.45) is 0 Å². The topological polar surface area (TPSA) is 74.4 Å². The van der Waals surface area contributed by atoms with Crippen molar-refractivity contribution < 1.29 is 9.66 Å². The molecule has 0 fully saturated rings. The Hall–Kier alpha value is -0.860. The summed E-state index contributed by atoms with van der Waals surface area (Å²) in [5.41, 5.74) is -0.0548. The highest BCUT2D eigenvalue weighted by atomic mass is 79.9. The molecule has 100 valence electrons. The Morgan fingerprint density at radius 3 is 2.78 bits per heavy atom. The molecule has 0 unspecified atom stereocenters. The van der Waals surface area contributed by atoms with Gasteiger partial charge in [-0.05, 0) is 22.9 Å². The maximum Gasteiger partial charge on any atom is 0.289 e. The number of pyridine rings is 1. The first-order valence-electron chi connectivity index (χ1n) is 5.21. The number of thiol groups is 1. The first kappa shape index (κ1) is 15.2. The molecule has 0 aliphatic heterocycles. The summed E-state index contributed by atoms with van der Waals surface area (Å²) in [6, 6.07) is 0. The van der Waals surface area contributed by atoms with Crippen LogP contribution in [0.5, 0.6) is 0 Å². The van der Waals surface area contributed by atoms with Crippen LogP contribution in [-0.2, 0) is 11.3 Å². The molecule has 0 aliphatic carbocycles. The third kappa shape index (κ3) is 3.56. The fourth-order valence-corrected chi connectivity index (χ4v) is 1.94. The molecule has 0 radical (unpaired) electrons. The van der Waals surface area contributed by atoms with Gasteiger partial charge in [-0.3, -0.25) is 14.9 Å². The van der Waals surface area contributed by atoms with Gasteiger partial charge in [-0.1, -0.05) is 0 Å². The summed E-state index contributed by atoms with van der Waals surface area (Å²) in [4.78, 5) is 22.2. The third-order valence-electron chi connectivity index (χ3n) is 2.35. The van der Waals surface area contributed by atoms with Crippen molar-refractivity contribution in [1.29, 1.82) is 0 Å². The number of nitro groups is 1. The zero-order valence-electron chi connectivity index (χ0n) is 9.76. The van der Waals surface area contributed by atoms with Gasteiger partial charge < -0.3 is 9.30 Å². The molecule has 0 spiro atoms. The Bertz CT molecular complexity index is 503. The van der Waals surface area contributed by atoms with E-state index < -0.39 is 4.92 Å². The molecule has 8 heteroatoms. The Labute approximate surface area is 118 Å². The number of aromatic nitrogens is 1. The van der Waals surface area contributed by atoms with Crippen molar-refractivity contribution in [2.75, 3.05) is 19.0 Å². The number of hydrogen-bond acceptors (Lipinski definition) is 5. The molecule has 0 aliphatic rings. The molecule has 18 heavy (non-hydrogen) atoms. The highest BCUT2D eigenvalue weighted by molar-refractivity contribution is 9.10. The van der Waals surface area contributed by atoms with Gasteiger partial charge in [0.1, 0.15) is 0 Å². The van der Waals surface area contributed by atoms with Crippen molar-refractivity contribution in [1.82, 2.24) is 4.57 Å². The van der Waals surface area contributed by atoms with Gasteiger partial charge >= 0.3 is 0 Å². The number of hydrogen-bond donors (Lipinski definition) is 1. The van der Waals surface area contributed by atoms with Crippen LogP contribution in [0.3, 0.4) is 0 Å². The van der Waals surface area contributed by atoms with Gasteiger partial charge in [0.15, 0.2) is 0 Å². The summed E-state index contributed by atoms with van der Waals surface area (Å²) in [5.74, 6) is 0.590. The minimum atomic E-state index is -0.509. The summed E-state index contributed by atoms with van der Waals surface area (Å²) in [7, 11) is 0. The minimum Gasteiger partial charge on any atom is -0.379 e. The minimum absolute atomic E-state index is 0.0873. The Morgan fingerprint density at radius 1 is 1.56 bits per heavy atom. The summed E-state index contributed by atoms with van der Waals surface area (Å²) >= 11 is 7.06. The summed E-state index contributed by atoms with van der Waals surface area (Å²) in [5, 5.41) is 10.8. The van der Waals surface area contributed by atoms with Crippen LogP contribution in [0.1, 0.15) is 5.56 Å². The van der Waals surface area contributed by atoms with Gasteiger partial charge in [-0.2, -0.15) is 12.6 Å². The Balaban J connectivity index is 2.98. The second kappa shape index (κ2) is 6.91. The van der Waals surface area contributed by atoms with E-state index in [1.165, 1.54) is 17.7 Å². The first-order chi connectivity index (χ1) is 8.49. The molecule has 0 N–H and O–H groups in total. The average Bonchev–Trinajstić information content (AvgIpc) is 2.33. The molecule has 0 saturated carbocycles. The monoisotopic (exact) mass is 336 g/mol. The van der Waals surface area contributed by atoms with E-state index in [-0.39, 0.29) is 22.3 Å². The molecular weight excluding hydrogens is 324 g/mol. The molecule has 0 aromatic carbocycles. The summed E-state index contributed by atoms with van der Waals surface area (Å²) in [6.45, 7) is 2.60. The van der Waals surface area contributed by atoms with E-state index in [4.69, 9.17) is 4.74 Å². The Morgan fingerprint density at radius 2 is 2.22 bits per heavy atom. The van der Waals surface area contributed by atoms with Crippen molar-refractivity contribution >= 4 is 34.2 Å². The highest BCUT2D eigenvalue weighted by Crippen LogP contribution is 2.21. The number of halogens is 1. The largest absolute Gasteiger partial charge is 0.379 e. The van der Waals surface area contributed by atoms with Gasteiger partial charge in [0.2, 0.25) is 0 Å². The van der Waals surface area contributed by atoms with Crippen LogP contribution in [0.25, 0.3) is 0 Å². The van der Waals surface area contributed by atoms with E-state index >= 15 is 0 Å². The van der Waals surface area contributed by atoms with Gasteiger partial charge in [0, 0.05) is 17.9 Å². The van der Waals surface area contributed by atoms with Gasteiger partial charge in [0.05, 0.1) is 28.8 Å². The average molecular weight is 337 g/mol. The van der Waals surface area contributed by atoms with E-state index in [1.54, 1.807) is 0 Å². The second-order valence-corrected chi connectivity index (χ2v) is 4.79. The Kier molecular flexibility index (Phi) is 5.83. The zero-order chi connectivity index (χ0) is 13.7. The predicted molar refractivity (Wildman–Crippen MR) is 74.5 cm³/mol. The van der Waals surface area contributed by atoms with Crippen molar-refractivity contribution in [3.05, 3.63) is 36.7 Å². The van der Waals surface area contributed by atoms with E-state index in [1.807, 2.05) is 0 Å². The standard InChI is InChI=1S/C10H13BrN2O4S/c1-7-8(13(15)16)6-12(10(14)9(7)11)2-3-17-4-5-18/h6,18H,2-5H2,1H3. The van der Waals surface area contributed by atoms with Crippen LogP contribution in [0.15, 0.2) is 15.5 Å². The molecule has 1 aromatic heterocycles. The molecular formula is C10H13BrN2O4S. The number of nitrogens with zero attached hydrogens (tertiary/aromatic N) is 2. The van der Waals surface area contributed by atoms with Gasteiger partial charge in [-0.15, -0.1) is 0 Å². The van der Waals surface area contributed by atoms with E-state index in [0.29, 0.717) is 24.5 Å². The molecule has 0 atom stereocenters. The molecule has 1 heterocycles. The lowest BCUT2D eigenvalue weighted by atomic mass is 10.2. The first-order valence-corrected chi connectivity index (χ1v) is 6.64.